The van der Waals surface area contributed by atoms with Gasteiger partial charge in [-0.2, -0.15) is 0 Å². The monoisotopic (exact) mass is 481 g/mol. The maximum atomic E-state index is 13.4. The summed E-state index contributed by atoms with van der Waals surface area (Å²) >= 11 is 1.57. The first-order valence-electron chi connectivity index (χ1n) is 10.8. The summed E-state index contributed by atoms with van der Waals surface area (Å²) in [5.41, 5.74) is 2.41. The molecular weight excluding hydrogens is 453 g/mol. The number of para-hydroxylation sites is 2. The molecule has 1 heterocycles. The number of aryl methyl sites for hydroxylation is 1. The number of thiophene rings is 1. The van der Waals surface area contributed by atoms with Crippen molar-refractivity contribution in [2.24, 2.45) is 0 Å². The molecule has 1 aromatic heterocycles. The zero-order valence-electron chi connectivity index (χ0n) is 19.3. The van der Waals surface area contributed by atoms with Crippen LogP contribution in [0.5, 0.6) is 5.75 Å². The largest absolute Gasteiger partial charge is 0.495 e. The Balaban J connectivity index is 1.78. The number of ether oxygens (including phenoxy) is 1. The second kappa shape index (κ2) is 12.0. The average Bonchev–Trinajstić information content (AvgIpc) is 3.24. The third-order valence-electron chi connectivity index (χ3n) is 5.25. The minimum Gasteiger partial charge on any atom is -0.495 e. The van der Waals surface area contributed by atoms with Gasteiger partial charge in [0.1, 0.15) is 18.1 Å². The van der Waals surface area contributed by atoms with Crippen LogP contribution in [0.4, 0.5) is 14.9 Å². The van der Waals surface area contributed by atoms with E-state index in [1.54, 1.807) is 58.7 Å². The number of nitrogens with one attached hydrogen (secondary N) is 1. The SMILES string of the molecule is C=CCN(CC(=O)N(Cc1ccc(F)cc1)Cc1sccc1C)C(=O)Nc1ccccc1OC. The summed E-state index contributed by atoms with van der Waals surface area (Å²) < 4.78 is 18.7. The number of hydrogen-bond donors (Lipinski definition) is 1. The van der Waals surface area contributed by atoms with Crippen molar-refractivity contribution in [3.63, 3.8) is 0 Å². The molecule has 0 saturated carbocycles. The van der Waals surface area contributed by atoms with E-state index in [1.807, 2.05) is 18.4 Å². The molecule has 1 N–H and O–H groups in total. The molecule has 178 valence electrons. The second-order valence-corrected chi connectivity index (χ2v) is 8.70. The predicted molar refractivity (Wildman–Crippen MR) is 133 cm³/mol. The number of carbonyl (C=O) groups excluding carboxylic acids is 2. The highest BCUT2D eigenvalue weighted by Gasteiger charge is 2.22. The molecule has 0 atom stereocenters. The molecule has 0 aliphatic rings. The molecule has 3 amide bonds. The highest BCUT2D eigenvalue weighted by atomic mass is 32.1. The second-order valence-electron chi connectivity index (χ2n) is 7.70. The summed E-state index contributed by atoms with van der Waals surface area (Å²) in [7, 11) is 1.52. The predicted octanol–water partition coefficient (Wildman–Crippen LogP) is 5.45. The zero-order chi connectivity index (χ0) is 24.5. The lowest BCUT2D eigenvalue weighted by Gasteiger charge is -2.27. The van der Waals surface area contributed by atoms with Crippen LogP contribution in [0.2, 0.25) is 0 Å². The van der Waals surface area contributed by atoms with E-state index >= 15 is 0 Å². The van der Waals surface area contributed by atoms with Crippen LogP contribution >= 0.6 is 11.3 Å². The van der Waals surface area contributed by atoms with Crippen molar-refractivity contribution < 1.29 is 18.7 Å². The summed E-state index contributed by atoms with van der Waals surface area (Å²) in [5.74, 6) is -0.0399. The number of benzene rings is 2. The fraction of sp³-hybridized carbons (Fsp3) is 0.231. The molecule has 0 bridgehead atoms. The summed E-state index contributed by atoms with van der Waals surface area (Å²) in [6, 6.07) is 14.7. The summed E-state index contributed by atoms with van der Waals surface area (Å²) in [6.45, 7) is 6.46. The van der Waals surface area contributed by atoms with Crippen LogP contribution in [0.25, 0.3) is 0 Å². The first-order chi connectivity index (χ1) is 16.4. The average molecular weight is 482 g/mol. The van der Waals surface area contributed by atoms with Crippen LogP contribution in [0.15, 0.2) is 72.6 Å². The van der Waals surface area contributed by atoms with Crippen LogP contribution < -0.4 is 10.1 Å². The van der Waals surface area contributed by atoms with Gasteiger partial charge in [0.05, 0.1) is 19.3 Å². The van der Waals surface area contributed by atoms with Crippen molar-refractivity contribution in [1.82, 2.24) is 9.80 Å². The van der Waals surface area contributed by atoms with Gasteiger partial charge in [0.2, 0.25) is 5.91 Å². The maximum absolute atomic E-state index is 13.4. The topological polar surface area (TPSA) is 61.9 Å². The van der Waals surface area contributed by atoms with E-state index in [4.69, 9.17) is 4.74 Å². The fourth-order valence-electron chi connectivity index (χ4n) is 3.36. The van der Waals surface area contributed by atoms with Crippen LogP contribution in [0.1, 0.15) is 16.0 Å². The van der Waals surface area contributed by atoms with Gasteiger partial charge in [0, 0.05) is 18.0 Å². The molecule has 0 aliphatic heterocycles. The molecule has 0 spiro atoms. The lowest BCUT2D eigenvalue weighted by Crippen LogP contribution is -2.44. The van der Waals surface area contributed by atoms with Crippen molar-refractivity contribution in [2.45, 2.75) is 20.0 Å². The molecule has 0 saturated heterocycles. The van der Waals surface area contributed by atoms with Gasteiger partial charge in [0.25, 0.3) is 0 Å². The minimum atomic E-state index is -0.438. The molecule has 0 fully saturated rings. The van der Waals surface area contributed by atoms with Crippen LogP contribution in [0, 0.1) is 12.7 Å². The summed E-state index contributed by atoms with van der Waals surface area (Å²) in [6.07, 6.45) is 1.57. The Morgan fingerprint density at radius 3 is 2.47 bits per heavy atom. The highest BCUT2D eigenvalue weighted by molar-refractivity contribution is 7.10. The van der Waals surface area contributed by atoms with Crippen LogP contribution in [-0.4, -0.2) is 41.9 Å². The van der Waals surface area contributed by atoms with Gasteiger partial charge in [-0.3, -0.25) is 4.79 Å². The molecular formula is C26H28FN3O3S. The molecule has 2 aromatic carbocycles. The lowest BCUT2D eigenvalue weighted by molar-refractivity contribution is -0.132. The van der Waals surface area contributed by atoms with E-state index in [-0.39, 0.29) is 24.8 Å². The standard InChI is InChI=1S/C26H28FN3O3S/c1-4-14-29(26(32)28-22-7-5-6-8-23(22)33-3)18-25(31)30(17-24-19(2)13-15-34-24)16-20-9-11-21(27)12-10-20/h4-13,15H,1,14,16-18H2,2-3H3,(H,28,32). The van der Waals surface area contributed by atoms with E-state index in [2.05, 4.69) is 11.9 Å². The maximum Gasteiger partial charge on any atom is 0.322 e. The number of methoxy groups -OCH3 is 1. The Labute approximate surface area is 203 Å². The summed E-state index contributed by atoms with van der Waals surface area (Å²) in [4.78, 5) is 30.5. The zero-order valence-corrected chi connectivity index (χ0v) is 20.1. The number of halogens is 1. The number of hydrogen-bond acceptors (Lipinski definition) is 4. The Morgan fingerprint density at radius 2 is 1.82 bits per heavy atom. The van der Waals surface area contributed by atoms with Crippen molar-refractivity contribution in [3.8, 4) is 5.75 Å². The van der Waals surface area contributed by atoms with Gasteiger partial charge in [-0.05, 0) is 53.8 Å². The van der Waals surface area contributed by atoms with Gasteiger partial charge < -0.3 is 19.9 Å². The third-order valence-corrected chi connectivity index (χ3v) is 6.26. The van der Waals surface area contributed by atoms with Crippen LogP contribution in [-0.2, 0) is 17.9 Å². The number of carbonyl (C=O) groups is 2. The van der Waals surface area contributed by atoms with E-state index in [1.165, 1.54) is 24.1 Å². The Morgan fingerprint density at radius 1 is 1.09 bits per heavy atom. The van der Waals surface area contributed by atoms with Gasteiger partial charge in [0.15, 0.2) is 0 Å². The van der Waals surface area contributed by atoms with E-state index in [0.717, 1.165) is 16.0 Å². The van der Waals surface area contributed by atoms with E-state index in [0.29, 0.717) is 24.5 Å². The molecule has 3 rings (SSSR count). The Hall–Kier alpha value is -3.65. The number of anilines is 1. The van der Waals surface area contributed by atoms with Gasteiger partial charge >= 0.3 is 6.03 Å². The quantitative estimate of drug-likeness (QED) is 0.392. The van der Waals surface area contributed by atoms with E-state index in [9.17, 15) is 14.0 Å². The van der Waals surface area contributed by atoms with Crippen molar-refractivity contribution in [3.05, 3.63) is 94.5 Å². The molecule has 6 nitrogen and oxygen atoms in total. The number of urea groups is 1. The van der Waals surface area contributed by atoms with Crippen molar-refractivity contribution in [1.29, 1.82) is 0 Å². The van der Waals surface area contributed by atoms with Crippen molar-refractivity contribution in [2.75, 3.05) is 25.5 Å². The minimum absolute atomic E-state index is 0.140. The molecule has 0 radical (unpaired) electrons. The summed E-state index contributed by atoms with van der Waals surface area (Å²) in [5, 5.41) is 4.79. The molecule has 34 heavy (non-hydrogen) atoms. The van der Waals surface area contributed by atoms with Gasteiger partial charge in [-0.15, -0.1) is 17.9 Å². The first-order valence-corrected chi connectivity index (χ1v) is 11.6. The molecule has 3 aromatic rings. The first kappa shape index (κ1) is 25.0. The highest BCUT2D eigenvalue weighted by Crippen LogP contribution is 2.24. The smallest absolute Gasteiger partial charge is 0.322 e. The number of nitrogens with zero attached hydrogens (tertiary/aromatic N) is 2. The Bertz CT molecular complexity index is 1130. The Kier molecular flexibility index (Phi) is 8.81. The number of rotatable bonds is 10. The molecule has 0 unspecified atom stereocenters. The van der Waals surface area contributed by atoms with E-state index < -0.39 is 6.03 Å². The van der Waals surface area contributed by atoms with Gasteiger partial charge in [-0.25, -0.2) is 9.18 Å². The molecule has 0 aliphatic carbocycles. The van der Waals surface area contributed by atoms with Crippen molar-refractivity contribution >= 4 is 29.0 Å². The van der Waals surface area contributed by atoms with Crippen LogP contribution in [0.3, 0.4) is 0 Å². The molecule has 8 heteroatoms. The lowest BCUT2D eigenvalue weighted by atomic mass is 10.2. The number of amides is 3. The normalized spacial score (nSPS) is 10.4. The van der Waals surface area contributed by atoms with Gasteiger partial charge in [-0.1, -0.05) is 30.3 Å². The fourth-order valence-corrected chi connectivity index (χ4v) is 4.28. The third kappa shape index (κ3) is 6.68.